The summed E-state index contributed by atoms with van der Waals surface area (Å²) in [6.07, 6.45) is -4.66. The Kier molecular flexibility index (Phi) is 5.20. The number of rotatable bonds is 2. The molecule has 0 radical (unpaired) electrons. The van der Waals surface area contributed by atoms with Gasteiger partial charge < -0.3 is 4.98 Å². The fourth-order valence-electron chi connectivity index (χ4n) is 1.59. The Morgan fingerprint density at radius 2 is 1.57 bits per heavy atom. The number of benzene rings is 1. The summed E-state index contributed by atoms with van der Waals surface area (Å²) in [5.74, 6) is -0.188. The fourth-order valence-corrected chi connectivity index (χ4v) is 3.28. The highest BCUT2D eigenvalue weighted by Crippen LogP contribution is 2.43. The number of hydrogen-bond donors (Lipinski definition) is 1. The normalized spacial score (nSPS) is 12.7. The molecule has 0 aliphatic rings. The average Bonchev–Trinajstić information content (AvgIpc) is 2.66. The van der Waals surface area contributed by atoms with Crippen LogP contribution in [0.25, 0.3) is 11.4 Å². The van der Waals surface area contributed by atoms with Gasteiger partial charge in [-0.3, -0.25) is 0 Å². The van der Waals surface area contributed by atoms with E-state index in [4.69, 9.17) is 23.2 Å². The van der Waals surface area contributed by atoms with Crippen molar-refractivity contribution >= 4 is 50.9 Å². The van der Waals surface area contributed by atoms with Gasteiger partial charge in [0.2, 0.25) is 0 Å². The van der Waals surface area contributed by atoms with Crippen LogP contribution in [0, 0.1) is 0 Å². The third kappa shape index (κ3) is 4.49. The molecule has 12 heteroatoms. The number of hydrogen-bond acceptors (Lipinski definition) is 2. The van der Waals surface area contributed by atoms with Crippen molar-refractivity contribution in [3.05, 3.63) is 32.3 Å². The Balaban J connectivity index is 2.49. The number of alkyl halides is 6. The first-order valence-electron chi connectivity index (χ1n) is 5.46. The van der Waals surface area contributed by atoms with Crippen LogP contribution in [0.3, 0.4) is 0 Å². The van der Waals surface area contributed by atoms with Crippen LogP contribution in [0.5, 0.6) is 0 Å². The van der Waals surface area contributed by atoms with E-state index in [0.717, 1.165) is 0 Å². The maximum Gasteiger partial charge on any atom is 0.447 e. The van der Waals surface area contributed by atoms with Gasteiger partial charge in [-0.1, -0.05) is 23.2 Å². The summed E-state index contributed by atoms with van der Waals surface area (Å²) in [5.41, 5.74) is -5.79. The van der Waals surface area contributed by atoms with Gasteiger partial charge in [0.15, 0.2) is 0 Å². The average molecular weight is 460 g/mol. The molecule has 0 spiro atoms. The molecule has 0 aliphatic carbocycles. The molecular formula is C11H3BrCl2F6N2S. The molecule has 0 bridgehead atoms. The number of H-pyrrole nitrogens is 1. The molecule has 2 nitrogen and oxygen atoms in total. The molecule has 1 aromatic carbocycles. The van der Waals surface area contributed by atoms with Crippen LogP contribution >= 0.6 is 50.9 Å². The van der Waals surface area contributed by atoms with Crippen LogP contribution < -0.4 is 0 Å². The molecule has 0 saturated heterocycles. The van der Waals surface area contributed by atoms with E-state index in [1.54, 1.807) is 0 Å². The maximum atomic E-state index is 12.7. The second kappa shape index (κ2) is 6.38. The molecule has 0 aliphatic heterocycles. The van der Waals surface area contributed by atoms with Gasteiger partial charge in [0, 0.05) is 11.8 Å². The fraction of sp³-hybridized carbons (Fsp3) is 0.182. The summed E-state index contributed by atoms with van der Waals surface area (Å²) < 4.78 is 75.0. The minimum Gasteiger partial charge on any atom is -0.332 e. The van der Waals surface area contributed by atoms with E-state index in [9.17, 15) is 26.3 Å². The zero-order valence-electron chi connectivity index (χ0n) is 10.4. The van der Waals surface area contributed by atoms with Gasteiger partial charge in [-0.05, 0) is 28.1 Å². The van der Waals surface area contributed by atoms with Crippen molar-refractivity contribution in [2.45, 2.75) is 16.7 Å². The van der Waals surface area contributed by atoms with Crippen molar-refractivity contribution in [2.75, 3.05) is 0 Å². The summed E-state index contributed by atoms with van der Waals surface area (Å²) in [6, 6.07) is 1.24. The molecule has 0 amide bonds. The van der Waals surface area contributed by atoms with E-state index in [0.29, 0.717) is 12.1 Å². The molecular weight excluding hydrogens is 457 g/mol. The lowest BCUT2D eigenvalue weighted by atomic mass is 10.1. The Morgan fingerprint density at radius 1 is 1.04 bits per heavy atom. The van der Waals surface area contributed by atoms with Crippen molar-refractivity contribution in [3.63, 3.8) is 0 Å². The van der Waals surface area contributed by atoms with Gasteiger partial charge in [0.1, 0.15) is 15.5 Å². The van der Waals surface area contributed by atoms with Gasteiger partial charge in [-0.25, -0.2) is 4.98 Å². The Morgan fingerprint density at radius 3 is 2.00 bits per heavy atom. The standard InChI is InChI=1S/C11H3BrCl2F6N2S/c12-7-9(23-11(18,19)20)22-8(21-7)6-4(13)1-3(2-5(6)14)10(15,16)17/h1-2H,(H,21,22). The topological polar surface area (TPSA) is 28.7 Å². The monoisotopic (exact) mass is 458 g/mol. The third-order valence-electron chi connectivity index (χ3n) is 2.45. The second-order valence-electron chi connectivity index (χ2n) is 4.06. The molecule has 0 unspecified atom stereocenters. The van der Waals surface area contributed by atoms with Gasteiger partial charge in [-0.15, -0.1) is 0 Å². The minimum absolute atomic E-state index is 0.0955. The number of aromatic nitrogens is 2. The van der Waals surface area contributed by atoms with Gasteiger partial charge in [0.05, 0.1) is 21.2 Å². The summed E-state index contributed by atoms with van der Waals surface area (Å²) in [7, 11) is 0. The number of thioether (sulfide) groups is 1. The molecule has 1 N–H and O–H groups in total. The molecule has 2 rings (SSSR count). The van der Waals surface area contributed by atoms with Crippen molar-refractivity contribution in [2.24, 2.45) is 0 Å². The molecule has 1 aromatic heterocycles. The summed E-state index contributed by atoms with van der Waals surface area (Å²) in [4.78, 5) is 6.13. The van der Waals surface area contributed by atoms with Gasteiger partial charge in [-0.2, -0.15) is 26.3 Å². The zero-order valence-corrected chi connectivity index (χ0v) is 14.3. The van der Waals surface area contributed by atoms with Gasteiger partial charge in [0.25, 0.3) is 0 Å². The SMILES string of the molecule is FC(F)(F)Sc1nc(-c2c(Cl)cc(C(F)(F)F)cc2Cl)[nH]c1Br. The minimum atomic E-state index is -4.66. The van der Waals surface area contributed by atoms with Crippen LogP contribution in [0.2, 0.25) is 10.0 Å². The van der Waals surface area contributed by atoms with E-state index >= 15 is 0 Å². The molecule has 1 heterocycles. The first-order valence-corrected chi connectivity index (χ1v) is 7.83. The van der Waals surface area contributed by atoms with Crippen LogP contribution in [-0.4, -0.2) is 15.5 Å². The molecule has 0 saturated carbocycles. The smallest absolute Gasteiger partial charge is 0.332 e. The molecule has 2 aromatic rings. The highest BCUT2D eigenvalue weighted by Gasteiger charge is 2.34. The number of aromatic amines is 1. The predicted molar refractivity (Wildman–Crippen MR) is 78.7 cm³/mol. The molecule has 23 heavy (non-hydrogen) atoms. The van der Waals surface area contributed by atoms with E-state index in [1.807, 2.05) is 0 Å². The lowest BCUT2D eigenvalue weighted by molar-refractivity contribution is -0.137. The Hall–Kier alpha value is -0.580. The largest absolute Gasteiger partial charge is 0.447 e. The van der Waals surface area contributed by atoms with Crippen molar-refractivity contribution < 1.29 is 26.3 Å². The summed E-state index contributed by atoms with van der Waals surface area (Å²) in [5, 5.41) is -1.23. The third-order valence-corrected chi connectivity index (χ3v) is 4.60. The van der Waals surface area contributed by atoms with Crippen LogP contribution in [-0.2, 0) is 6.18 Å². The van der Waals surface area contributed by atoms with Crippen LogP contribution in [0.15, 0.2) is 21.8 Å². The quantitative estimate of drug-likeness (QED) is 0.396. The van der Waals surface area contributed by atoms with E-state index in [1.165, 1.54) is 0 Å². The predicted octanol–water partition coefficient (Wildman–Crippen LogP) is 6.78. The second-order valence-corrected chi connectivity index (χ2v) is 6.73. The maximum absolute atomic E-state index is 12.7. The molecule has 0 atom stereocenters. The molecule has 0 fully saturated rings. The molecule has 126 valence electrons. The van der Waals surface area contributed by atoms with Crippen molar-refractivity contribution in [1.29, 1.82) is 0 Å². The van der Waals surface area contributed by atoms with E-state index < -0.39 is 44.1 Å². The first-order chi connectivity index (χ1) is 10.4. The number of nitrogens with zero attached hydrogens (tertiary/aromatic N) is 1. The highest BCUT2D eigenvalue weighted by atomic mass is 79.9. The van der Waals surface area contributed by atoms with Crippen LogP contribution in [0.4, 0.5) is 26.3 Å². The zero-order chi connectivity index (χ0) is 17.6. The van der Waals surface area contributed by atoms with Crippen LogP contribution in [0.1, 0.15) is 5.56 Å². The Bertz CT molecular complexity index is 720. The summed E-state index contributed by atoms with van der Waals surface area (Å²) >= 11 is 13.9. The Labute approximate surface area is 147 Å². The number of nitrogens with one attached hydrogen (secondary N) is 1. The van der Waals surface area contributed by atoms with E-state index in [2.05, 4.69) is 25.9 Å². The number of imidazole rings is 1. The lowest BCUT2D eigenvalue weighted by Crippen LogP contribution is -2.05. The number of halogens is 9. The lowest BCUT2D eigenvalue weighted by Gasteiger charge is -2.10. The van der Waals surface area contributed by atoms with Gasteiger partial charge >= 0.3 is 11.7 Å². The van der Waals surface area contributed by atoms with Crippen molar-refractivity contribution in [1.82, 2.24) is 9.97 Å². The van der Waals surface area contributed by atoms with Crippen molar-refractivity contribution in [3.8, 4) is 11.4 Å². The van der Waals surface area contributed by atoms with E-state index in [-0.39, 0.29) is 16.0 Å². The first kappa shape index (κ1) is 18.8. The highest BCUT2D eigenvalue weighted by molar-refractivity contribution is 9.10. The summed E-state index contributed by atoms with van der Waals surface area (Å²) in [6.45, 7) is 0.